The molecule has 3 aromatic rings. The van der Waals surface area contributed by atoms with Gasteiger partial charge in [0.1, 0.15) is 5.82 Å². The van der Waals surface area contributed by atoms with E-state index in [1.165, 1.54) is 22.7 Å². The van der Waals surface area contributed by atoms with Crippen molar-refractivity contribution in [3.05, 3.63) is 70.1 Å². The van der Waals surface area contributed by atoms with Crippen LogP contribution < -0.4 is 0 Å². The molecule has 4 heteroatoms. The van der Waals surface area contributed by atoms with Gasteiger partial charge in [-0.15, -0.1) is 0 Å². The minimum absolute atomic E-state index is 0.205. The van der Waals surface area contributed by atoms with Gasteiger partial charge in [0.25, 0.3) is 0 Å². The van der Waals surface area contributed by atoms with Gasteiger partial charge >= 0.3 is 0 Å². The van der Waals surface area contributed by atoms with Gasteiger partial charge in [-0.05, 0) is 49.4 Å². The first-order valence-corrected chi connectivity index (χ1v) is 8.94. The molecule has 0 saturated carbocycles. The van der Waals surface area contributed by atoms with Gasteiger partial charge in [0, 0.05) is 47.4 Å². The molecule has 2 nitrogen and oxygen atoms in total. The Hall–Kier alpha value is -2.10. The van der Waals surface area contributed by atoms with Crippen molar-refractivity contribution in [2.24, 2.45) is 0 Å². The van der Waals surface area contributed by atoms with E-state index in [1.807, 2.05) is 24.4 Å². The van der Waals surface area contributed by atoms with Crippen molar-refractivity contribution in [2.75, 3.05) is 20.1 Å². The summed E-state index contributed by atoms with van der Waals surface area (Å²) >= 11 is 6.25. The number of hydrogen-bond acceptors (Lipinski definition) is 1. The van der Waals surface area contributed by atoms with Crippen LogP contribution >= 0.6 is 11.6 Å². The van der Waals surface area contributed by atoms with Crippen molar-refractivity contribution >= 4 is 34.8 Å². The topological polar surface area (TPSA) is 8.17 Å². The molecular weight excluding hydrogens is 335 g/mol. The lowest BCUT2D eigenvalue weighted by atomic mass is 10.1. The van der Waals surface area contributed by atoms with Crippen molar-refractivity contribution in [1.29, 1.82) is 0 Å². The molecule has 1 aliphatic heterocycles. The molecule has 2 heterocycles. The number of hydrogen-bond donors (Lipinski definition) is 0. The molecule has 0 bridgehead atoms. The molecule has 2 aromatic carbocycles. The van der Waals surface area contributed by atoms with Gasteiger partial charge < -0.3 is 9.47 Å². The third kappa shape index (κ3) is 3.10. The fourth-order valence-corrected chi connectivity index (χ4v) is 3.78. The predicted molar refractivity (Wildman–Crippen MR) is 103 cm³/mol. The summed E-state index contributed by atoms with van der Waals surface area (Å²) in [6, 6.07) is 12.9. The quantitative estimate of drug-likeness (QED) is 0.622. The van der Waals surface area contributed by atoms with Crippen LogP contribution in [0.4, 0.5) is 4.39 Å². The number of rotatable bonds is 2. The summed E-state index contributed by atoms with van der Waals surface area (Å²) in [6.07, 6.45) is 5.81. The Balaban J connectivity index is 1.87. The van der Waals surface area contributed by atoms with Crippen molar-refractivity contribution in [2.45, 2.75) is 12.8 Å². The Morgan fingerprint density at radius 1 is 1.08 bits per heavy atom. The number of halogens is 2. The Bertz CT molecular complexity index is 958. The van der Waals surface area contributed by atoms with E-state index in [4.69, 9.17) is 11.6 Å². The molecule has 0 unspecified atom stereocenters. The van der Waals surface area contributed by atoms with Crippen LogP contribution in [0.3, 0.4) is 0 Å². The van der Waals surface area contributed by atoms with Gasteiger partial charge in [-0.25, -0.2) is 4.39 Å². The van der Waals surface area contributed by atoms with Gasteiger partial charge in [0.05, 0.1) is 5.52 Å². The second kappa shape index (κ2) is 6.66. The van der Waals surface area contributed by atoms with E-state index in [9.17, 15) is 4.39 Å². The molecule has 0 saturated heterocycles. The van der Waals surface area contributed by atoms with E-state index in [1.54, 1.807) is 12.1 Å². The van der Waals surface area contributed by atoms with Crippen LogP contribution in [0.25, 0.3) is 23.2 Å². The molecule has 25 heavy (non-hydrogen) atoms. The average Bonchev–Trinajstić information content (AvgIpc) is 2.74. The zero-order valence-electron chi connectivity index (χ0n) is 14.2. The number of benzene rings is 2. The number of nitrogens with zero attached hydrogens (tertiary/aromatic N) is 2. The Morgan fingerprint density at radius 2 is 1.88 bits per heavy atom. The first kappa shape index (κ1) is 16.4. The maximum atomic E-state index is 14.0. The van der Waals surface area contributed by atoms with Crippen LogP contribution in [0.1, 0.15) is 16.8 Å². The van der Waals surface area contributed by atoms with Crippen molar-refractivity contribution < 1.29 is 4.39 Å². The Morgan fingerprint density at radius 3 is 2.72 bits per heavy atom. The zero-order valence-corrected chi connectivity index (χ0v) is 14.9. The highest BCUT2D eigenvalue weighted by molar-refractivity contribution is 6.31. The normalized spacial score (nSPS) is 15.6. The van der Waals surface area contributed by atoms with E-state index >= 15 is 0 Å². The first-order valence-electron chi connectivity index (χ1n) is 8.56. The minimum atomic E-state index is -0.205. The Labute approximate surface area is 152 Å². The van der Waals surface area contributed by atoms with Gasteiger partial charge in [0.2, 0.25) is 0 Å². The first-order chi connectivity index (χ1) is 12.1. The number of aromatic nitrogens is 1. The summed E-state index contributed by atoms with van der Waals surface area (Å²) in [7, 11) is 2.15. The smallest absolute Gasteiger partial charge is 0.130 e. The summed E-state index contributed by atoms with van der Waals surface area (Å²) < 4.78 is 16.2. The van der Waals surface area contributed by atoms with E-state index in [2.05, 4.69) is 28.6 Å². The standard InChI is InChI=1S/C21H20ClFN2/c1-24-11-9-17-18-14-16(22)6-7-20(18)25(21(17)10-12-24)13-8-15-4-2-3-5-19(15)23/h2-8,13-14H,9-12H2,1H3/b13-8+. The average molecular weight is 355 g/mol. The summed E-state index contributed by atoms with van der Waals surface area (Å²) in [5, 5.41) is 1.96. The lowest BCUT2D eigenvalue weighted by Crippen LogP contribution is -2.21. The van der Waals surface area contributed by atoms with Crippen LogP contribution in [-0.4, -0.2) is 29.6 Å². The zero-order chi connectivity index (χ0) is 17.4. The highest BCUT2D eigenvalue weighted by Crippen LogP contribution is 2.31. The molecule has 0 radical (unpaired) electrons. The summed E-state index contributed by atoms with van der Waals surface area (Å²) in [6.45, 7) is 2.06. The second-order valence-electron chi connectivity index (χ2n) is 6.60. The van der Waals surface area contributed by atoms with Gasteiger partial charge in [-0.1, -0.05) is 29.8 Å². The van der Waals surface area contributed by atoms with Crippen LogP contribution in [0.15, 0.2) is 42.5 Å². The van der Waals surface area contributed by atoms with E-state index in [0.717, 1.165) is 36.5 Å². The third-order valence-electron chi connectivity index (χ3n) is 4.96. The maximum Gasteiger partial charge on any atom is 0.130 e. The maximum absolute atomic E-state index is 14.0. The number of likely N-dealkylation sites (N-methyl/N-ethyl adjacent to an activating group) is 1. The summed E-state index contributed by atoms with van der Waals surface area (Å²) in [4.78, 5) is 2.35. The van der Waals surface area contributed by atoms with Crippen LogP contribution in [0, 0.1) is 5.82 Å². The highest BCUT2D eigenvalue weighted by Gasteiger charge is 2.19. The fourth-order valence-electron chi connectivity index (χ4n) is 3.60. The Kier molecular flexibility index (Phi) is 4.36. The lowest BCUT2D eigenvalue weighted by Gasteiger charge is -2.12. The van der Waals surface area contributed by atoms with Crippen molar-refractivity contribution in [3.8, 4) is 0 Å². The number of fused-ring (bicyclic) bond motifs is 3. The molecule has 0 atom stereocenters. The largest absolute Gasteiger partial charge is 0.320 e. The molecule has 1 aromatic heterocycles. The predicted octanol–water partition coefficient (Wildman–Crippen LogP) is 5.09. The molecule has 0 spiro atoms. The minimum Gasteiger partial charge on any atom is -0.320 e. The molecule has 0 fully saturated rings. The summed E-state index contributed by atoms with van der Waals surface area (Å²) in [5.41, 5.74) is 4.39. The molecular formula is C21H20ClFN2. The molecule has 0 amide bonds. The second-order valence-corrected chi connectivity index (χ2v) is 7.03. The lowest BCUT2D eigenvalue weighted by molar-refractivity contribution is 0.351. The van der Waals surface area contributed by atoms with Crippen molar-refractivity contribution in [3.63, 3.8) is 0 Å². The monoisotopic (exact) mass is 354 g/mol. The fraction of sp³-hybridized carbons (Fsp3) is 0.238. The van der Waals surface area contributed by atoms with E-state index in [0.29, 0.717) is 5.56 Å². The van der Waals surface area contributed by atoms with E-state index in [-0.39, 0.29) is 5.82 Å². The molecule has 4 rings (SSSR count). The molecule has 0 aliphatic carbocycles. The highest BCUT2D eigenvalue weighted by atomic mass is 35.5. The van der Waals surface area contributed by atoms with Crippen LogP contribution in [0.5, 0.6) is 0 Å². The van der Waals surface area contributed by atoms with Crippen LogP contribution in [0.2, 0.25) is 5.02 Å². The van der Waals surface area contributed by atoms with Gasteiger partial charge in [0.15, 0.2) is 0 Å². The summed E-state index contributed by atoms with van der Waals surface area (Å²) in [5.74, 6) is -0.205. The molecule has 0 N–H and O–H groups in total. The van der Waals surface area contributed by atoms with Gasteiger partial charge in [-0.2, -0.15) is 0 Å². The van der Waals surface area contributed by atoms with E-state index < -0.39 is 0 Å². The van der Waals surface area contributed by atoms with Crippen molar-refractivity contribution in [1.82, 2.24) is 9.47 Å². The van der Waals surface area contributed by atoms with Gasteiger partial charge in [-0.3, -0.25) is 0 Å². The molecule has 128 valence electrons. The van der Waals surface area contributed by atoms with Crippen LogP contribution in [-0.2, 0) is 12.8 Å². The SMILES string of the molecule is CN1CCc2c(n(/C=C/c3ccccc3F)c3ccc(Cl)cc23)CC1. The molecule has 1 aliphatic rings. The third-order valence-corrected chi connectivity index (χ3v) is 5.20.